The summed E-state index contributed by atoms with van der Waals surface area (Å²) in [5.74, 6) is 0.324. The number of amides is 1. The SMILES string of the molecule is CC(C)CN1CCOC(CNC(=O)CN(C)c2c(N)n(Cc3ccccc3)c(=O)[nH]c2=O)C1. The van der Waals surface area contributed by atoms with Gasteiger partial charge in [0, 0.05) is 33.2 Å². The Balaban J connectivity index is 1.63. The average Bonchev–Trinajstić information content (AvgIpc) is 2.75. The van der Waals surface area contributed by atoms with Gasteiger partial charge in [0.1, 0.15) is 11.5 Å². The van der Waals surface area contributed by atoms with E-state index in [0.717, 1.165) is 25.2 Å². The van der Waals surface area contributed by atoms with Crippen LogP contribution in [-0.2, 0) is 16.1 Å². The maximum atomic E-state index is 12.6. The molecule has 4 N–H and O–H groups in total. The zero-order chi connectivity index (χ0) is 24.0. The van der Waals surface area contributed by atoms with Gasteiger partial charge >= 0.3 is 5.69 Å². The Labute approximate surface area is 193 Å². The van der Waals surface area contributed by atoms with Crippen molar-refractivity contribution in [3.8, 4) is 0 Å². The quantitative estimate of drug-likeness (QED) is 0.486. The van der Waals surface area contributed by atoms with Gasteiger partial charge < -0.3 is 20.7 Å². The summed E-state index contributed by atoms with van der Waals surface area (Å²) < 4.78 is 7.06. The number of carbonyl (C=O) groups is 1. The van der Waals surface area contributed by atoms with Gasteiger partial charge in [-0.05, 0) is 11.5 Å². The number of hydrogen-bond donors (Lipinski definition) is 3. The fourth-order valence-electron chi connectivity index (χ4n) is 4.03. The number of morpholine rings is 1. The molecule has 3 rings (SSSR count). The van der Waals surface area contributed by atoms with Crippen molar-refractivity contribution in [3.63, 3.8) is 0 Å². The number of anilines is 2. The van der Waals surface area contributed by atoms with Gasteiger partial charge in [-0.25, -0.2) is 4.79 Å². The number of nitrogens with two attached hydrogens (primary N) is 1. The van der Waals surface area contributed by atoms with Crippen molar-refractivity contribution in [1.82, 2.24) is 19.8 Å². The standard InChI is InChI=1S/C23H34N6O4/c1-16(2)12-28-9-10-33-18(14-28)11-25-19(30)15-27(3)20-21(24)29(23(32)26-22(20)31)13-17-7-5-4-6-8-17/h4-8,16,18H,9-15,24H2,1-3H3,(H,25,30)(H,26,31,32). The van der Waals surface area contributed by atoms with E-state index < -0.39 is 11.2 Å². The fourth-order valence-corrected chi connectivity index (χ4v) is 4.03. The summed E-state index contributed by atoms with van der Waals surface area (Å²) in [5.41, 5.74) is 5.92. The first-order chi connectivity index (χ1) is 15.7. The van der Waals surface area contributed by atoms with Crippen LogP contribution in [0.4, 0.5) is 11.5 Å². The number of hydrogen-bond acceptors (Lipinski definition) is 7. The first-order valence-electron chi connectivity index (χ1n) is 11.2. The van der Waals surface area contributed by atoms with Crippen LogP contribution in [0.2, 0.25) is 0 Å². The molecule has 1 atom stereocenters. The van der Waals surface area contributed by atoms with Crippen LogP contribution in [0.15, 0.2) is 39.9 Å². The van der Waals surface area contributed by atoms with E-state index in [-0.39, 0.29) is 36.6 Å². The van der Waals surface area contributed by atoms with Crippen molar-refractivity contribution in [2.45, 2.75) is 26.5 Å². The van der Waals surface area contributed by atoms with Gasteiger partial charge in [-0.15, -0.1) is 0 Å². The minimum Gasteiger partial charge on any atom is -0.383 e. The van der Waals surface area contributed by atoms with Crippen LogP contribution in [0, 0.1) is 5.92 Å². The number of ether oxygens (including phenoxy) is 1. The highest BCUT2D eigenvalue weighted by Gasteiger charge is 2.22. The number of nitrogens with one attached hydrogen (secondary N) is 2. The van der Waals surface area contributed by atoms with Gasteiger partial charge in [0.2, 0.25) is 5.91 Å². The van der Waals surface area contributed by atoms with Crippen LogP contribution in [0.25, 0.3) is 0 Å². The zero-order valence-electron chi connectivity index (χ0n) is 19.5. The molecule has 1 aromatic carbocycles. The molecule has 0 aliphatic carbocycles. The summed E-state index contributed by atoms with van der Waals surface area (Å²) in [5, 5.41) is 2.88. The predicted octanol–water partition coefficient (Wildman–Crippen LogP) is 0.0763. The molecule has 10 heteroatoms. The zero-order valence-corrected chi connectivity index (χ0v) is 19.5. The highest BCUT2D eigenvalue weighted by molar-refractivity contribution is 5.82. The summed E-state index contributed by atoms with van der Waals surface area (Å²) in [6.07, 6.45) is -0.0759. The summed E-state index contributed by atoms with van der Waals surface area (Å²) in [6.45, 7) is 8.18. The Morgan fingerprint density at radius 2 is 2.03 bits per heavy atom. The van der Waals surface area contributed by atoms with Gasteiger partial charge in [0.15, 0.2) is 0 Å². The molecule has 1 aliphatic heterocycles. The molecule has 0 saturated carbocycles. The van der Waals surface area contributed by atoms with Crippen molar-refractivity contribution in [1.29, 1.82) is 0 Å². The van der Waals surface area contributed by atoms with Crippen LogP contribution in [0.3, 0.4) is 0 Å². The van der Waals surface area contributed by atoms with Gasteiger partial charge in [0.25, 0.3) is 5.56 Å². The number of nitrogens with zero attached hydrogens (tertiary/aromatic N) is 3. The second-order valence-electron chi connectivity index (χ2n) is 8.87. The maximum Gasteiger partial charge on any atom is 0.330 e. The van der Waals surface area contributed by atoms with E-state index in [1.165, 1.54) is 9.47 Å². The molecular formula is C23H34N6O4. The van der Waals surface area contributed by atoms with Crippen molar-refractivity contribution >= 4 is 17.4 Å². The normalized spacial score (nSPS) is 16.7. The number of H-pyrrole nitrogens is 1. The lowest BCUT2D eigenvalue weighted by Gasteiger charge is -2.34. The van der Waals surface area contributed by atoms with E-state index in [2.05, 4.69) is 29.0 Å². The highest BCUT2D eigenvalue weighted by atomic mass is 16.5. The minimum absolute atomic E-state index is 0.0165. The van der Waals surface area contributed by atoms with E-state index >= 15 is 0 Å². The van der Waals surface area contributed by atoms with E-state index in [4.69, 9.17) is 10.5 Å². The van der Waals surface area contributed by atoms with Crippen LogP contribution >= 0.6 is 0 Å². The second-order valence-corrected chi connectivity index (χ2v) is 8.87. The average molecular weight is 459 g/mol. The molecule has 1 amide bonds. The predicted molar refractivity (Wildman–Crippen MR) is 129 cm³/mol. The summed E-state index contributed by atoms with van der Waals surface area (Å²) in [6, 6.07) is 9.32. The van der Waals surface area contributed by atoms with E-state index in [1.54, 1.807) is 7.05 Å². The molecule has 1 aliphatic rings. The molecule has 10 nitrogen and oxygen atoms in total. The third kappa shape index (κ3) is 6.69. The van der Waals surface area contributed by atoms with Crippen molar-refractivity contribution in [3.05, 3.63) is 56.7 Å². The summed E-state index contributed by atoms with van der Waals surface area (Å²) >= 11 is 0. The summed E-state index contributed by atoms with van der Waals surface area (Å²) in [4.78, 5) is 43.5. The largest absolute Gasteiger partial charge is 0.383 e. The van der Waals surface area contributed by atoms with Crippen molar-refractivity contribution < 1.29 is 9.53 Å². The molecule has 180 valence electrons. The van der Waals surface area contributed by atoms with E-state index in [1.807, 2.05) is 30.3 Å². The molecule has 0 bridgehead atoms. The second kappa shape index (κ2) is 11.2. The lowest BCUT2D eigenvalue weighted by molar-refractivity contribution is -0.121. The van der Waals surface area contributed by atoms with Gasteiger partial charge in [-0.1, -0.05) is 44.2 Å². The first kappa shape index (κ1) is 24.5. The molecule has 1 fully saturated rings. The lowest BCUT2D eigenvalue weighted by Crippen LogP contribution is -2.49. The highest BCUT2D eigenvalue weighted by Crippen LogP contribution is 2.16. The third-order valence-corrected chi connectivity index (χ3v) is 5.53. The lowest BCUT2D eigenvalue weighted by atomic mass is 10.2. The van der Waals surface area contributed by atoms with E-state index in [9.17, 15) is 14.4 Å². The van der Waals surface area contributed by atoms with Crippen LogP contribution in [0.1, 0.15) is 19.4 Å². The van der Waals surface area contributed by atoms with Crippen LogP contribution < -0.4 is 27.2 Å². The smallest absolute Gasteiger partial charge is 0.330 e. The number of rotatable bonds is 9. The van der Waals surface area contributed by atoms with Crippen molar-refractivity contribution in [2.24, 2.45) is 5.92 Å². The summed E-state index contributed by atoms with van der Waals surface area (Å²) in [7, 11) is 1.60. The molecule has 0 radical (unpaired) electrons. The monoisotopic (exact) mass is 458 g/mol. The molecule has 2 aromatic rings. The first-order valence-corrected chi connectivity index (χ1v) is 11.2. The van der Waals surface area contributed by atoms with Gasteiger partial charge in [-0.3, -0.25) is 24.0 Å². The number of aromatic nitrogens is 2. The fraction of sp³-hybridized carbons (Fsp3) is 0.522. The Hall–Kier alpha value is -3.11. The minimum atomic E-state index is -0.628. The number of nitrogen functional groups attached to an aromatic ring is 1. The molecule has 1 aromatic heterocycles. The molecule has 2 heterocycles. The Morgan fingerprint density at radius 3 is 2.73 bits per heavy atom. The Kier molecular flexibility index (Phi) is 8.29. The number of benzene rings is 1. The van der Waals surface area contributed by atoms with Crippen molar-refractivity contribution in [2.75, 3.05) is 57.0 Å². The number of carbonyl (C=O) groups excluding carboxylic acids is 1. The number of likely N-dealkylation sites (N-methyl/N-ethyl adjacent to an activating group) is 1. The third-order valence-electron chi connectivity index (χ3n) is 5.53. The van der Waals surface area contributed by atoms with Crippen LogP contribution in [0.5, 0.6) is 0 Å². The van der Waals surface area contributed by atoms with E-state index in [0.29, 0.717) is 19.1 Å². The van der Waals surface area contributed by atoms with Gasteiger partial charge in [0.05, 0.1) is 25.8 Å². The molecule has 33 heavy (non-hydrogen) atoms. The molecule has 1 unspecified atom stereocenters. The topological polar surface area (TPSA) is 126 Å². The Bertz CT molecular complexity index is 1050. The van der Waals surface area contributed by atoms with Crippen LogP contribution in [-0.4, -0.2) is 72.8 Å². The number of aromatic amines is 1. The molecular weight excluding hydrogens is 424 g/mol. The van der Waals surface area contributed by atoms with Gasteiger partial charge in [-0.2, -0.15) is 0 Å². The maximum absolute atomic E-state index is 12.6. The Morgan fingerprint density at radius 1 is 1.30 bits per heavy atom. The molecule has 0 spiro atoms. The molecule has 1 saturated heterocycles.